The lowest BCUT2D eigenvalue weighted by atomic mass is 9.79. The van der Waals surface area contributed by atoms with E-state index in [0.717, 1.165) is 38.5 Å². The molecular formula is C15H21NO3S. The predicted octanol–water partition coefficient (Wildman–Crippen LogP) is 3.22. The Morgan fingerprint density at radius 1 is 1.30 bits per heavy atom. The number of amides is 1. The van der Waals surface area contributed by atoms with Crippen LogP contribution in [0.15, 0.2) is 12.1 Å². The summed E-state index contributed by atoms with van der Waals surface area (Å²) in [6.45, 7) is 2.06. The fraction of sp³-hybridized carbons (Fsp3) is 0.600. The van der Waals surface area contributed by atoms with Crippen LogP contribution in [0.3, 0.4) is 0 Å². The fourth-order valence-corrected chi connectivity index (χ4v) is 3.70. The minimum Gasteiger partial charge on any atom is -0.481 e. The van der Waals surface area contributed by atoms with Crippen LogP contribution in [0, 0.1) is 0 Å². The first-order valence-electron chi connectivity index (χ1n) is 7.18. The van der Waals surface area contributed by atoms with Crippen molar-refractivity contribution in [3.8, 4) is 0 Å². The summed E-state index contributed by atoms with van der Waals surface area (Å²) in [5.74, 6) is -0.967. The van der Waals surface area contributed by atoms with Gasteiger partial charge in [-0.05, 0) is 31.4 Å². The van der Waals surface area contributed by atoms with E-state index in [-0.39, 0.29) is 12.3 Å². The summed E-state index contributed by atoms with van der Waals surface area (Å²) >= 11 is 1.49. The highest BCUT2D eigenvalue weighted by Crippen LogP contribution is 2.32. The molecule has 0 atom stereocenters. The molecule has 2 N–H and O–H groups in total. The molecule has 1 saturated carbocycles. The third-order valence-electron chi connectivity index (χ3n) is 3.91. The Labute approximate surface area is 123 Å². The first kappa shape index (κ1) is 15.0. The van der Waals surface area contributed by atoms with Crippen LogP contribution < -0.4 is 5.32 Å². The quantitative estimate of drug-likeness (QED) is 0.876. The molecular weight excluding hydrogens is 274 g/mol. The maximum atomic E-state index is 12.3. The number of aliphatic carboxylic acids is 1. The van der Waals surface area contributed by atoms with E-state index in [1.165, 1.54) is 16.2 Å². The molecule has 1 aromatic heterocycles. The first-order valence-corrected chi connectivity index (χ1v) is 7.99. The van der Waals surface area contributed by atoms with Crippen molar-refractivity contribution >= 4 is 23.2 Å². The predicted molar refractivity (Wildman–Crippen MR) is 79.2 cm³/mol. The van der Waals surface area contributed by atoms with Crippen LogP contribution in [0.5, 0.6) is 0 Å². The van der Waals surface area contributed by atoms with E-state index in [9.17, 15) is 9.59 Å². The van der Waals surface area contributed by atoms with Gasteiger partial charge >= 0.3 is 5.97 Å². The second kappa shape index (κ2) is 6.39. The molecule has 1 aliphatic carbocycles. The van der Waals surface area contributed by atoms with Gasteiger partial charge in [-0.2, -0.15) is 0 Å². The van der Waals surface area contributed by atoms with Gasteiger partial charge < -0.3 is 10.4 Å². The van der Waals surface area contributed by atoms with Crippen molar-refractivity contribution in [3.63, 3.8) is 0 Å². The first-order chi connectivity index (χ1) is 9.54. The van der Waals surface area contributed by atoms with Gasteiger partial charge in [0.1, 0.15) is 0 Å². The van der Waals surface area contributed by atoms with E-state index in [0.29, 0.717) is 4.88 Å². The normalized spacial score (nSPS) is 17.6. The lowest BCUT2D eigenvalue weighted by molar-refractivity contribution is -0.139. The standard InChI is InChI=1S/C15H21NO3S/c1-2-11-6-7-12(20-11)14(19)16-15(10-13(17)18)8-4-3-5-9-15/h6-7H,2-5,8-10H2,1H3,(H,16,19)(H,17,18). The number of aryl methyl sites for hydroxylation is 1. The molecule has 0 bridgehead atoms. The van der Waals surface area contributed by atoms with Crippen molar-refractivity contribution in [1.29, 1.82) is 0 Å². The van der Waals surface area contributed by atoms with Crippen LogP contribution >= 0.6 is 11.3 Å². The molecule has 1 aromatic rings. The topological polar surface area (TPSA) is 66.4 Å². The van der Waals surface area contributed by atoms with Crippen molar-refractivity contribution in [2.75, 3.05) is 0 Å². The van der Waals surface area contributed by atoms with Crippen molar-refractivity contribution in [2.24, 2.45) is 0 Å². The Hall–Kier alpha value is -1.36. The zero-order chi connectivity index (χ0) is 14.6. The molecule has 2 rings (SSSR count). The maximum Gasteiger partial charge on any atom is 0.305 e. The number of rotatable bonds is 5. The Kier molecular flexibility index (Phi) is 4.81. The summed E-state index contributed by atoms with van der Waals surface area (Å²) in [6, 6.07) is 3.79. The average Bonchev–Trinajstić information content (AvgIpc) is 2.87. The summed E-state index contributed by atoms with van der Waals surface area (Å²) in [5, 5.41) is 12.1. The Morgan fingerprint density at radius 2 is 2.00 bits per heavy atom. The van der Waals surface area contributed by atoms with Gasteiger partial charge in [-0.3, -0.25) is 9.59 Å². The third kappa shape index (κ3) is 3.60. The molecule has 0 aliphatic heterocycles. The Morgan fingerprint density at radius 3 is 2.55 bits per heavy atom. The highest BCUT2D eigenvalue weighted by Gasteiger charge is 2.36. The fourth-order valence-electron chi connectivity index (χ4n) is 2.86. The second-order valence-electron chi connectivity index (χ2n) is 5.49. The van der Waals surface area contributed by atoms with E-state index >= 15 is 0 Å². The van der Waals surface area contributed by atoms with Crippen molar-refractivity contribution in [3.05, 3.63) is 21.9 Å². The van der Waals surface area contributed by atoms with Gasteiger partial charge in [0.15, 0.2) is 0 Å². The molecule has 0 radical (unpaired) electrons. The second-order valence-corrected chi connectivity index (χ2v) is 6.65. The minimum atomic E-state index is -0.840. The number of hydrogen-bond acceptors (Lipinski definition) is 3. The lowest BCUT2D eigenvalue weighted by Gasteiger charge is -2.36. The van der Waals surface area contributed by atoms with E-state index in [4.69, 9.17) is 5.11 Å². The number of carbonyl (C=O) groups excluding carboxylic acids is 1. The van der Waals surface area contributed by atoms with Crippen LogP contribution in [0.2, 0.25) is 0 Å². The van der Waals surface area contributed by atoms with Gasteiger partial charge in [-0.15, -0.1) is 11.3 Å². The van der Waals surface area contributed by atoms with Gasteiger partial charge in [0.25, 0.3) is 5.91 Å². The monoisotopic (exact) mass is 295 g/mol. The van der Waals surface area contributed by atoms with Crippen LogP contribution in [-0.2, 0) is 11.2 Å². The summed E-state index contributed by atoms with van der Waals surface area (Å²) in [7, 11) is 0. The lowest BCUT2D eigenvalue weighted by Crippen LogP contribution is -2.50. The highest BCUT2D eigenvalue weighted by molar-refractivity contribution is 7.14. The third-order valence-corrected chi connectivity index (χ3v) is 5.14. The summed E-state index contributed by atoms with van der Waals surface area (Å²) in [6.07, 6.45) is 5.55. The van der Waals surface area contributed by atoms with Gasteiger partial charge in [0, 0.05) is 4.88 Å². The number of nitrogens with one attached hydrogen (secondary N) is 1. The highest BCUT2D eigenvalue weighted by atomic mass is 32.1. The summed E-state index contributed by atoms with van der Waals surface area (Å²) in [4.78, 5) is 25.3. The van der Waals surface area contributed by atoms with Crippen molar-refractivity contribution < 1.29 is 14.7 Å². The van der Waals surface area contributed by atoms with Crippen LogP contribution in [0.4, 0.5) is 0 Å². The SMILES string of the molecule is CCc1ccc(C(=O)NC2(CC(=O)O)CCCCC2)s1. The smallest absolute Gasteiger partial charge is 0.305 e. The van der Waals surface area contributed by atoms with E-state index < -0.39 is 11.5 Å². The number of carboxylic acid groups (broad SMARTS) is 1. The van der Waals surface area contributed by atoms with Gasteiger partial charge in [0.2, 0.25) is 0 Å². The molecule has 1 amide bonds. The Balaban J connectivity index is 2.10. The average molecular weight is 295 g/mol. The summed E-state index contributed by atoms with van der Waals surface area (Å²) in [5.41, 5.74) is -0.558. The van der Waals surface area contributed by atoms with E-state index in [1.807, 2.05) is 12.1 Å². The number of hydrogen-bond donors (Lipinski definition) is 2. The van der Waals surface area contributed by atoms with Crippen molar-refractivity contribution in [1.82, 2.24) is 5.32 Å². The molecule has 0 saturated heterocycles. The Bertz CT molecular complexity index is 489. The van der Waals surface area contributed by atoms with Crippen molar-refractivity contribution in [2.45, 2.75) is 57.4 Å². The maximum absolute atomic E-state index is 12.3. The molecule has 110 valence electrons. The molecule has 4 nitrogen and oxygen atoms in total. The molecule has 0 spiro atoms. The number of carbonyl (C=O) groups is 2. The molecule has 5 heteroatoms. The molecule has 0 unspecified atom stereocenters. The zero-order valence-electron chi connectivity index (χ0n) is 11.8. The molecule has 0 aromatic carbocycles. The number of thiophene rings is 1. The largest absolute Gasteiger partial charge is 0.481 e. The summed E-state index contributed by atoms with van der Waals surface area (Å²) < 4.78 is 0. The van der Waals surface area contributed by atoms with E-state index in [1.54, 1.807) is 0 Å². The molecule has 1 heterocycles. The van der Waals surface area contributed by atoms with Crippen LogP contribution in [0.1, 0.15) is 60.0 Å². The molecule has 1 fully saturated rings. The van der Waals surface area contributed by atoms with E-state index in [2.05, 4.69) is 12.2 Å². The zero-order valence-corrected chi connectivity index (χ0v) is 12.6. The van der Waals surface area contributed by atoms with Crippen LogP contribution in [0.25, 0.3) is 0 Å². The number of carboxylic acids is 1. The molecule has 1 aliphatic rings. The van der Waals surface area contributed by atoms with Gasteiger partial charge in [-0.25, -0.2) is 0 Å². The minimum absolute atomic E-state index is 0.0186. The van der Waals surface area contributed by atoms with Gasteiger partial charge in [-0.1, -0.05) is 26.2 Å². The molecule has 20 heavy (non-hydrogen) atoms. The van der Waals surface area contributed by atoms with Gasteiger partial charge in [0.05, 0.1) is 16.8 Å². The van der Waals surface area contributed by atoms with Crippen LogP contribution in [-0.4, -0.2) is 22.5 Å².